The molecule has 2 N–H and O–H groups in total. The van der Waals surface area contributed by atoms with Crippen molar-refractivity contribution in [3.8, 4) is 0 Å². The molecule has 0 spiro atoms. The molecule has 98 valence electrons. The Bertz CT molecular complexity index is 457. The summed E-state index contributed by atoms with van der Waals surface area (Å²) >= 11 is 0. The van der Waals surface area contributed by atoms with Crippen LogP contribution in [-0.2, 0) is 4.74 Å². The van der Waals surface area contributed by atoms with Gasteiger partial charge >= 0.3 is 5.97 Å². The standard InChI is InChI=1S/C14H20N2O2/c1-14(2)8-10(15)9-16(14)12-7-5-4-6-11(12)13(17)18-3/h4-7,10H,8-9,15H2,1-3H3. The lowest BCUT2D eigenvalue weighted by atomic mass is 9.99. The van der Waals surface area contributed by atoms with E-state index in [2.05, 4.69) is 18.7 Å². The zero-order valence-corrected chi connectivity index (χ0v) is 11.1. The van der Waals surface area contributed by atoms with Crippen molar-refractivity contribution in [1.29, 1.82) is 0 Å². The number of benzene rings is 1. The highest BCUT2D eigenvalue weighted by atomic mass is 16.5. The average molecular weight is 248 g/mol. The van der Waals surface area contributed by atoms with Crippen LogP contribution >= 0.6 is 0 Å². The number of anilines is 1. The molecule has 1 saturated heterocycles. The van der Waals surface area contributed by atoms with E-state index in [0.29, 0.717) is 5.56 Å². The van der Waals surface area contributed by atoms with E-state index in [1.165, 1.54) is 7.11 Å². The third-order valence-corrected chi connectivity index (χ3v) is 3.51. The van der Waals surface area contributed by atoms with Gasteiger partial charge in [-0.15, -0.1) is 0 Å². The molecule has 1 atom stereocenters. The Morgan fingerprint density at radius 1 is 1.44 bits per heavy atom. The minimum Gasteiger partial charge on any atom is -0.465 e. The molecular formula is C14H20N2O2. The van der Waals surface area contributed by atoms with Crippen molar-refractivity contribution in [2.75, 3.05) is 18.6 Å². The maximum absolute atomic E-state index is 11.8. The monoisotopic (exact) mass is 248 g/mol. The topological polar surface area (TPSA) is 55.6 Å². The van der Waals surface area contributed by atoms with E-state index >= 15 is 0 Å². The number of rotatable bonds is 2. The first-order valence-electron chi connectivity index (χ1n) is 6.16. The molecule has 1 aromatic rings. The summed E-state index contributed by atoms with van der Waals surface area (Å²) in [5.74, 6) is -0.304. The number of esters is 1. The molecular weight excluding hydrogens is 228 g/mol. The molecule has 0 aliphatic carbocycles. The number of hydrogen-bond acceptors (Lipinski definition) is 4. The van der Waals surface area contributed by atoms with Crippen LogP contribution in [0.4, 0.5) is 5.69 Å². The molecule has 1 unspecified atom stereocenters. The highest BCUT2D eigenvalue weighted by molar-refractivity contribution is 5.96. The predicted octanol–water partition coefficient (Wildman–Crippen LogP) is 1.79. The molecule has 1 fully saturated rings. The third-order valence-electron chi connectivity index (χ3n) is 3.51. The maximum Gasteiger partial charge on any atom is 0.339 e. The van der Waals surface area contributed by atoms with Gasteiger partial charge in [-0.25, -0.2) is 4.79 Å². The van der Waals surface area contributed by atoms with Gasteiger partial charge in [0.15, 0.2) is 0 Å². The second kappa shape index (κ2) is 4.61. The highest BCUT2D eigenvalue weighted by Crippen LogP contribution is 2.35. The number of ether oxygens (including phenoxy) is 1. The Morgan fingerprint density at radius 2 is 2.11 bits per heavy atom. The van der Waals surface area contributed by atoms with Crippen LogP contribution in [0.1, 0.15) is 30.6 Å². The smallest absolute Gasteiger partial charge is 0.339 e. The van der Waals surface area contributed by atoms with Crippen molar-refractivity contribution < 1.29 is 9.53 Å². The molecule has 1 aliphatic rings. The number of methoxy groups -OCH3 is 1. The molecule has 0 amide bonds. The zero-order chi connectivity index (χ0) is 13.3. The molecule has 1 heterocycles. The summed E-state index contributed by atoms with van der Waals surface area (Å²) in [4.78, 5) is 14.0. The van der Waals surface area contributed by atoms with Gasteiger partial charge in [0.2, 0.25) is 0 Å². The van der Waals surface area contributed by atoms with Gasteiger partial charge in [-0.3, -0.25) is 0 Å². The summed E-state index contributed by atoms with van der Waals surface area (Å²) in [6.07, 6.45) is 0.919. The van der Waals surface area contributed by atoms with Gasteiger partial charge < -0.3 is 15.4 Å². The SMILES string of the molecule is COC(=O)c1ccccc1N1CC(N)CC1(C)C. The van der Waals surface area contributed by atoms with Gasteiger partial charge in [-0.2, -0.15) is 0 Å². The average Bonchev–Trinajstić information content (AvgIpc) is 2.61. The van der Waals surface area contributed by atoms with Crippen LogP contribution < -0.4 is 10.6 Å². The molecule has 0 aromatic heterocycles. The van der Waals surface area contributed by atoms with E-state index in [1.54, 1.807) is 6.07 Å². The number of carbonyl (C=O) groups excluding carboxylic acids is 1. The number of para-hydroxylation sites is 1. The van der Waals surface area contributed by atoms with Crippen molar-refractivity contribution in [3.05, 3.63) is 29.8 Å². The molecule has 4 nitrogen and oxygen atoms in total. The first-order chi connectivity index (χ1) is 8.45. The fourth-order valence-corrected chi connectivity index (χ4v) is 2.71. The Morgan fingerprint density at radius 3 is 2.67 bits per heavy atom. The second-order valence-electron chi connectivity index (χ2n) is 5.40. The molecule has 2 rings (SSSR count). The lowest BCUT2D eigenvalue weighted by molar-refractivity contribution is 0.0601. The molecule has 1 aromatic carbocycles. The van der Waals surface area contributed by atoms with Gasteiger partial charge in [0.1, 0.15) is 0 Å². The van der Waals surface area contributed by atoms with Crippen LogP contribution in [0.2, 0.25) is 0 Å². The zero-order valence-electron chi connectivity index (χ0n) is 11.1. The first-order valence-corrected chi connectivity index (χ1v) is 6.16. The molecule has 0 bridgehead atoms. The first kappa shape index (κ1) is 12.9. The summed E-state index contributed by atoms with van der Waals surface area (Å²) in [5.41, 5.74) is 7.50. The van der Waals surface area contributed by atoms with Crippen molar-refractivity contribution in [2.45, 2.75) is 31.8 Å². The largest absolute Gasteiger partial charge is 0.465 e. The minimum atomic E-state index is -0.304. The van der Waals surface area contributed by atoms with Crippen LogP contribution in [0.3, 0.4) is 0 Å². The predicted molar refractivity (Wildman–Crippen MR) is 71.8 cm³/mol. The fourth-order valence-electron chi connectivity index (χ4n) is 2.71. The summed E-state index contributed by atoms with van der Waals surface area (Å²) in [6.45, 7) is 5.06. The van der Waals surface area contributed by atoms with E-state index < -0.39 is 0 Å². The van der Waals surface area contributed by atoms with E-state index in [0.717, 1.165) is 18.7 Å². The van der Waals surface area contributed by atoms with Crippen molar-refractivity contribution in [2.24, 2.45) is 5.73 Å². The van der Waals surface area contributed by atoms with Crippen molar-refractivity contribution in [3.63, 3.8) is 0 Å². The van der Waals surface area contributed by atoms with Gasteiger partial charge in [-0.1, -0.05) is 12.1 Å². The number of nitrogens with two attached hydrogens (primary N) is 1. The van der Waals surface area contributed by atoms with E-state index in [-0.39, 0.29) is 17.6 Å². The Hall–Kier alpha value is -1.55. The summed E-state index contributed by atoms with van der Waals surface area (Å²) in [7, 11) is 1.40. The van der Waals surface area contributed by atoms with E-state index in [4.69, 9.17) is 10.5 Å². The highest BCUT2D eigenvalue weighted by Gasteiger charge is 2.38. The van der Waals surface area contributed by atoms with Gasteiger partial charge in [-0.05, 0) is 32.4 Å². The summed E-state index contributed by atoms with van der Waals surface area (Å²) in [5, 5.41) is 0. The minimum absolute atomic E-state index is 0.0382. The van der Waals surface area contributed by atoms with Crippen molar-refractivity contribution in [1.82, 2.24) is 0 Å². The maximum atomic E-state index is 11.8. The van der Waals surface area contributed by atoms with E-state index in [9.17, 15) is 4.79 Å². The quantitative estimate of drug-likeness (QED) is 0.811. The van der Waals surface area contributed by atoms with Crippen LogP contribution in [0.25, 0.3) is 0 Å². The van der Waals surface area contributed by atoms with E-state index in [1.807, 2.05) is 18.2 Å². The van der Waals surface area contributed by atoms with Gasteiger partial charge in [0.05, 0.1) is 18.4 Å². The third kappa shape index (κ3) is 2.20. The van der Waals surface area contributed by atoms with Gasteiger partial charge in [0, 0.05) is 18.1 Å². The lowest BCUT2D eigenvalue weighted by Gasteiger charge is -2.34. The Labute approximate surface area is 108 Å². The Kier molecular flexibility index (Phi) is 3.30. The lowest BCUT2D eigenvalue weighted by Crippen LogP contribution is -2.39. The van der Waals surface area contributed by atoms with Crippen LogP contribution in [0.15, 0.2) is 24.3 Å². The molecule has 0 radical (unpaired) electrons. The Balaban J connectivity index is 2.42. The normalized spacial score (nSPS) is 22.0. The fraction of sp³-hybridized carbons (Fsp3) is 0.500. The molecule has 4 heteroatoms. The van der Waals surface area contributed by atoms with Gasteiger partial charge in [0.25, 0.3) is 0 Å². The summed E-state index contributed by atoms with van der Waals surface area (Å²) in [6, 6.07) is 7.67. The van der Waals surface area contributed by atoms with Crippen LogP contribution in [0.5, 0.6) is 0 Å². The molecule has 18 heavy (non-hydrogen) atoms. The number of nitrogens with zero attached hydrogens (tertiary/aromatic N) is 1. The number of hydrogen-bond donors (Lipinski definition) is 1. The molecule has 1 aliphatic heterocycles. The second-order valence-corrected chi connectivity index (χ2v) is 5.40. The van der Waals surface area contributed by atoms with Crippen LogP contribution in [-0.4, -0.2) is 31.2 Å². The number of carbonyl (C=O) groups is 1. The van der Waals surface area contributed by atoms with Crippen LogP contribution in [0, 0.1) is 0 Å². The molecule has 0 saturated carbocycles. The summed E-state index contributed by atoms with van der Waals surface area (Å²) < 4.78 is 4.83. The van der Waals surface area contributed by atoms with Crippen molar-refractivity contribution >= 4 is 11.7 Å².